The fourth-order valence-electron chi connectivity index (χ4n) is 1.89. The van der Waals surface area contributed by atoms with Crippen LogP contribution in [0.4, 0.5) is 0 Å². The minimum Gasteiger partial charge on any atom is -0.460 e. The van der Waals surface area contributed by atoms with Crippen LogP contribution in [0.1, 0.15) is 10.4 Å². The number of alkyl halides is 1. The number of hydrogen-bond acceptors (Lipinski definition) is 7. The number of benzene rings is 1. The summed E-state index contributed by atoms with van der Waals surface area (Å²) in [6.07, 6.45) is 0. The Morgan fingerprint density at radius 3 is 1.48 bits per heavy atom. The van der Waals surface area contributed by atoms with Crippen molar-refractivity contribution in [2.45, 2.75) is 0 Å². The lowest BCUT2D eigenvalue weighted by molar-refractivity contribution is -0.0144. The first-order valence-electron chi connectivity index (χ1n) is 9.01. The van der Waals surface area contributed by atoms with Gasteiger partial charge in [-0.2, -0.15) is 0 Å². The van der Waals surface area contributed by atoms with Gasteiger partial charge in [-0.1, -0.05) is 34.1 Å². The Kier molecular flexibility index (Phi) is 16.3. The Morgan fingerprint density at radius 2 is 1.04 bits per heavy atom. The highest BCUT2D eigenvalue weighted by atomic mass is 79.9. The summed E-state index contributed by atoms with van der Waals surface area (Å²) in [6, 6.07) is 8.87. The van der Waals surface area contributed by atoms with Crippen molar-refractivity contribution >= 4 is 21.9 Å². The molecule has 0 bridgehead atoms. The van der Waals surface area contributed by atoms with Gasteiger partial charge in [-0.15, -0.1) is 0 Å². The minimum absolute atomic E-state index is 0.220. The molecule has 154 valence electrons. The lowest BCUT2D eigenvalue weighted by Crippen LogP contribution is -2.15. The lowest BCUT2D eigenvalue weighted by Gasteiger charge is -2.08. The SMILES string of the molecule is O=C(OCCOCCOCCOCCOCCOCCBr)c1ccccc1. The van der Waals surface area contributed by atoms with E-state index in [1.165, 1.54) is 0 Å². The molecule has 0 unspecified atom stereocenters. The van der Waals surface area contributed by atoms with E-state index in [-0.39, 0.29) is 12.6 Å². The number of carbonyl (C=O) groups is 1. The number of ether oxygens (including phenoxy) is 6. The van der Waals surface area contributed by atoms with Crippen molar-refractivity contribution in [3.8, 4) is 0 Å². The first-order chi connectivity index (χ1) is 13.3. The van der Waals surface area contributed by atoms with E-state index in [0.717, 1.165) is 5.33 Å². The van der Waals surface area contributed by atoms with Crippen LogP contribution in [0, 0.1) is 0 Å². The molecule has 0 atom stereocenters. The van der Waals surface area contributed by atoms with E-state index in [1.54, 1.807) is 24.3 Å². The van der Waals surface area contributed by atoms with Gasteiger partial charge in [0.15, 0.2) is 0 Å². The van der Waals surface area contributed by atoms with Gasteiger partial charge >= 0.3 is 5.97 Å². The van der Waals surface area contributed by atoms with Gasteiger partial charge in [0.1, 0.15) is 6.61 Å². The van der Waals surface area contributed by atoms with Crippen molar-refractivity contribution < 1.29 is 33.2 Å². The van der Waals surface area contributed by atoms with Gasteiger partial charge < -0.3 is 28.4 Å². The van der Waals surface area contributed by atoms with Crippen LogP contribution in [0.3, 0.4) is 0 Å². The zero-order valence-electron chi connectivity index (χ0n) is 15.6. The maximum atomic E-state index is 11.7. The molecule has 0 amide bonds. The normalized spacial score (nSPS) is 10.9. The Balaban J connectivity index is 1.75. The topological polar surface area (TPSA) is 72.5 Å². The first kappa shape index (κ1) is 24.0. The maximum absolute atomic E-state index is 11.7. The zero-order valence-corrected chi connectivity index (χ0v) is 17.2. The quantitative estimate of drug-likeness (QED) is 0.194. The number of rotatable bonds is 18. The Morgan fingerprint density at radius 1 is 0.630 bits per heavy atom. The summed E-state index contributed by atoms with van der Waals surface area (Å²) in [6.45, 7) is 5.43. The van der Waals surface area contributed by atoms with Crippen LogP contribution in [0.25, 0.3) is 0 Å². The predicted octanol–water partition coefficient (Wildman–Crippen LogP) is 2.32. The molecule has 0 saturated heterocycles. The van der Waals surface area contributed by atoms with Gasteiger partial charge in [0, 0.05) is 5.33 Å². The molecule has 1 rings (SSSR count). The third-order valence-corrected chi connectivity index (χ3v) is 3.50. The largest absolute Gasteiger partial charge is 0.460 e. The van der Waals surface area contributed by atoms with Crippen molar-refractivity contribution in [3.63, 3.8) is 0 Å². The second-order valence-corrected chi connectivity index (χ2v) is 6.05. The van der Waals surface area contributed by atoms with Crippen molar-refractivity contribution in [2.24, 2.45) is 0 Å². The van der Waals surface area contributed by atoms with Crippen LogP contribution < -0.4 is 0 Å². The number of halogens is 1. The van der Waals surface area contributed by atoms with E-state index in [2.05, 4.69) is 15.9 Å². The molecule has 0 aliphatic carbocycles. The molecule has 0 fully saturated rings. The maximum Gasteiger partial charge on any atom is 0.338 e. The number of carbonyl (C=O) groups excluding carboxylic acids is 1. The molecule has 8 heteroatoms. The first-order valence-corrected chi connectivity index (χ1v) is 10.1. The van der Waals surface area contributed by atoms with Crippen LogP contribution in [0.2, 0.25) is 0 Å². The molecule has 27 heavy (non-hydrogen) atoms. The van der Waals surface area contributed by atoms with E-state index >= 15 is 0 Å². The van der Waals surface area contributed by atoms with Crippen LogP contribution in [-0.4, -0.2) is 84.0 Å². The molecule has 0 aromatic heterocycles. The third kappa shape index (κ3) is 14.7. The van der Waals surface area contributed by atoms with E-state index in [9.17, 15) is 4.79 Å². The summed E-state index contributed by atoms with van der Waals surface area (Å²) < 4.78 is 31.8. The van der Waals surface area contributed by atoms with Crippen LogP contribution in [0.5, 0.6) is 0 Å². The summed E-state index contributed by atoms with van der Waals surface area (Å²) in [4.78, 5) is 11.7. The summed E-state index contributed by atoms with van der Waals surface area (Å²) in [5.41, 5.74) is 0.536. The van der Waals surface area contributed by atoms with E-state index in [4.69, 9.17) is 28.4 Å². The smallest absolute Gasteiger partial charge is 0.338 e. The zero-order chi connectivity index (χ0) is 19.4. The van der Waals surface area contributed by atoms with Crippen LogP contribution in [-0.2, 0) is 28.4 Å². The van der Waals surface area contributed by atoms with Gasteiger partial charge in [0.05, 0.1) is 71.6 Å². The van der Waals surface area contributed by atoms with Crippen molar-refractivity contribution in [2.75, 3.05) is 78.0 Å². The molecule has 0 spiro atoms. The number of esters is 1. The Hall–Kier alpha value is -1.03. The molecule has 0 aliphatic heterocycles. The van der Waals surface area contributed by atoms with E-state index in [0.29, 0.717) is 71.6 Å². The van der Waals surface area contributed by atoms with Crippen LogP contribution >= 0.6 is 15.9 Å². The average Bonchev–Trinajstić information content (AvgIpc) is 2.70. The molecule has 7 nitrogen and oxygen atoms in total. The second-order valence-electron chi connectivity index (χ2n) is 5.25. The standard InChI is InChI=1S/C19H29BrO7/c20-6-7-22-8-9-23-10-11-24-12-13-25-14-15-26-16-17-27-19(21)18-4-2-1-3-5-18/h1-5H,6-17H2. The van der Waals surface area contributed by atoms with Crippen molar-refractivity contribution in [1.29, 1.82) is 0 Å². The highest BCUT2D eigenvalue weighted by molar-refractivity contribution is 9.09. The monoisotopic (exact) mass is 448 g/mol. The summed E-state index contributed by atoms with van der Waals surface area (Å²) in [5.74, 6) is -0.344. The molecule has 0 heterocycles. The summed E-state index contributed by atoms with van der Waals surface area (Å²) >= 11 is 3.28. The van der Waals surface area contributed by atoms with Crippen LogP contribution in [0.15, 0.2) is 30.3 Å². The van der Waals surface area contributed by atoms with Gasteiger partial charge in [0.2, 0.25) is 0 Å². The Bertz CT molecular complexity index is 459. The van der Waals surface area contributed by atoms with Gasteiger partial charge in [-0.3, -0.25) is 0 Å². The summed E-state index contributed by atoms with van der Waals surface area (Å²) in [7, 11) is 0. The number of hydrogen-bond donors (Lipinski definition) is 0. The molecule has 1 aromatic rings. The second kappa shape index (κ2) is 18.3. The highest BCUT2D eigenvalue weighted by Gasteiger charge is 2.04. The van der Waals surface area contributed by atoms with Gasteiger partial charge in [-0.25, -0.2) is 4.79 Å². The molecular weight excluding hydrogens is 420 g/mol. The highest BCUT2D eigenvalue weighted by Crippen LogP contribution is 2.00. The predicted molar refractivity (Wildman–Crippen MR) is 105 cm³/mol. The average molecular weight is 449 g/mol. The van der Waals surface area contributed by atoms with E-state index in [1.807, 2.05) is 6.07 Å². The summed E-state index contributed by atoms with van der Waals surface area (Å²) in [5, 5.41) is 0.836. The molecule has 1 aromatic carbocycles. The van der Waals surface area contributed by atoms with Crippen molar-refractivity contribution in [1.82, 2.24) is 0 Å². The van der Waals surface area contributed by atoms with Crippen molar-refractivity contribution in [3.05, 3.63) is 35.9 Å². The van der Waals surface area contributed by atoms with Gasteiger partial charge in [0.25, 0.3) is 0 Å². The molecule has 0 radical (unpaired) electrons. The minimum atomic E-state index is -0.344. The molecular formula is C19H29BrO7. The van der Waals surface area contributed by atoms with Gasteiger partial charge in [-0.05, 0) is 12.1 Å². The lowest BCUT2D eigenvalue weighted by atomic mass is 10.2. The molecule has 0 N–H and O–H groups in total. The molecule has 0 saturated carbocycles. The fourth-order valence-corrected chi connectivity index (χ4v) is 2.12. The fraction of sp³-hybridized carbons (Fsp3) is 0.632. The molecule has 0 aliphatic rings. The Labute approximate surface area is 169 Å². The third-order valence-electron chi connectivity index (χ3n) is 3.18. The van der Waals surface area contributed by atoms with E-state index < -0.39 is 0 Å².